The van der Waals surface area contributed by atoms with Gasteiger partial charge in [0.2, 0.25) is 0 Å². The van der Waals surface area contributed by atoms with Gasteiger partial charge < -0.3 is 11.1 Å². The number of hydrogen-bond acceptors (Lipinski definition) is 3. The number of carbonyl (C=O) groups is 1. The molecule has 94 valence electrons. The van der Waals surface area contributed by atoms with Crippen molar-refractivity contribution >= 4 is 17.3 Å². The van der Waals surface area contributed by atoms with Crippen LogP contribution in [0.25, 0.3) is 0 Å². The lowest BCUT2D eigenvalue weighted by Crippen LogP contribution is -2.14. The maximum Gasteiger partial charge on any atom is 0.278 e. The maximum absolute atomic E-state index is 12.0. The Bertz CT molecular complexity index is 574. The topological polar surface area (TPSA) is 83.8 Å². The zero-order valence-electron chi connectivity index (χ0n) is 10.4. The number of benzene rings is 1. The fraction of sp³-hybridized carbons (Fsp3) is 0.231. The molecule has 0 spiro atoms. The summed E-state index contributed by atoms with van der Waals surface area (Å²) in [6.07, 6.45) is 0.924. The van der Waals surface area contributed by atoms with Crippen molar-refractivity contribution in [3.63, 3.8) is 0 Å². The average molecular weight is 244 g/mol. The Hall–Kier alpha value is -2.30. The third kappa shape index (κ3) is 2.34. The van der Waals surface area contributed by atoms with Gasteiger partial charge >= 0.3 is 0 Å². The number of rotatable bonds is 3. The molecule has 5 nitrogen and oxygen atoms in total. The summed E-state index contributed by atoms with van der Waals surface area (Å²) in [7, 11) is 0. The van der Waals surface area contributed by atoms with Crippen LogP contribution < -0.4 is 11.1 Å². The Kier molecular flexibility index (Phi) is 3.32. The molecule has 0 aliphatic carbocycles. The number of nitrogen functional groups attached to an aromatic ring is 1. The SMILES string of the molecule is CCc1cccc(NC(=O)c2n[nH]c(C)c2N)c1. The summed E-state index contributed by atoms with van der Waals surface area (Å²) in [5, 5.41) is 9.37. The highest BCUT2D eigenvalue weighted by Crippen LogP contribution is 2.16. The number of nitrogens with zero attached hydrogens (tertiary/aromatic N) is 1. The molecule has 0 bridgehead atoms. The number of aryl methyl sites for hydroxylation is 2. The van der Waals surface area contributed by atoms with Crippen molar-refractivity contribution in [3.05, 3.63) is 41.2 Å². The number of nitrogens with two attached hydrogens (primary N) is 1. The molecule has 0 aliphatic rings. The fourth-order valence-electron chi connectivity index (χ4n) is 1.67. The van der Waals surface area contributed by atoms with Gasteiger partial charge in [0, 0.05) is 5.69 Å². The summed E-state index contributed by atoms with van der Waals surface area (Å²) in [6, 6.07) is 7.71. The maximum atomic E-state index is 12.0. The zero-order chi connectivity index (χ0) is 13.1. The number of aromatic amines is 1. The monoisotopic (exact) mass is 244 g/mol. The van der Waals surface area contributed by atoms with Crippen LogP contribution in [-0.2, 0) is 6.42 Å². The van der Waals surface area contributed by atoms with Gasteiger partial charge in [-0.25, -0.2) is 0 Å². The highest BCUT2D eigenvalue weighted by Gasteiger charge is 2.15. The molecule has 0 saturated heterocycles. The number of carbonyl (C=O) groups excluding carboxylic acids is 1. The Labute approximate surface area is 105 Å². The van der Waals surface area contributed by atoms with E-state index in [2.05, 4.69) is 22.4 Å². The quantitative estimate of drug-likeness (QED) is 0.773. The number of nitrogens with one attached hydrogen (secondary N) is 2. The van der Waals surface area contributed by atoms with E-state index in [9.17, 15) is 4.79 Å². The van der Waals surface area contributed by atoms with E-state index in [0.717, 1.165) is 12.1 Å². The zero-order valence-corrected chi connectivity index (χ0v) is 10.4. The van der Waals surface area contributed by atoms with Crippen LogP contribution in [-0.4, -0.2) is 16.1 Å². The standard InChI is InChI=1S/C13H16N4O/c1-3-9-5-4-6-10(7-9)15-13(18)12-11(14)8(2)16-17-12/h4-7H,3,14H2,1-2H3,(H,15,18)(H,16,17). The lowest BCUT2D eigenvalue weighted by molar-refractivity contribution is 0.102. The van der Waals surface area contributed by atoms with E-state index >= 15 is 0 Å². The highest BCUT2D eigenvalue weighted by molar-refractivity contribution is 6.06. The first-order chi connectivity index (χ1) is 8.61. The third-order valence-electron chi connectivity index (χ3n) is 2.80. The molecular formula is C13H16N4O. The van der Waals surface area contributed by atoms with Crippen LogP contribution in [0, 0.1) is 6.92 Å². The summed E-state index contributed by atoms with van der Waals surface area (Å²) in [5.74, 6) is -0.301. The molecule has 0 radical (unpaired) electrons. The Morgan fingerprint density at radius 1 is 1.50 bits per heavy atom. The largest absolute Gasteiger partial charge is 0.395 e. The number of amides is 1. The highest BCUT2D eigenvalue weighted by atomic mass is 16.2. The second kappa shape index (κ2) is 4.91. The Balaban J connectivity index is 2.18. The Morgan fingerprint density at radius 3 is 2.89 bits per heavy atom. The first-order valence-electron chi connectivity index (χ1n) is 5.82. The van der Waals surface area contributed by atoms with Crippen LogP contribution in [0.1, 0.15) is 28.7 Å². The summed E-state index contributed by atoms with van der Waals surface area (Å²) < 4.78 is 0. The van der Waals surface area contributed by atoms with Gasteiger partial charge in [0.25, 0.3) is 5.91 Å². The third-order valence-corrected chi connectivity index (χ3v) is 2.80. The normalized spacial score (nSPS) is 10.3. The van der Waals surface area contributed by atoms with Gasteiger partial charge in [-0.3, -0.25) is 9.89 Å². The van der Waals surface area contributed by atoms with Gasteiger partial charge in [-0.1, -0.05) is 19.1 Å². The molecule has 4 N–H and O–H groups in total. The molecule has 18 heavy (non-hydrogen) atoms. The Morgan fingerprint density at radius 2 is 2.28 bits per heavy atom. The van der Waals surface area contributed by atoms with E-state index in [1.54, 1.807) is 6.92 Å². The number of hydrogen-bond donors (Lipinski definition) is 3. The van der Waals surface area contributed by atoms with Gasteiger partial charge in [0.1, 0.15) is 0 Å². The molecule has 0 saturated carbocycles. The van der Waals surface area contributed by atoms with Crippen LogP contribution in [0.2, 0.25) is 0 Å². The van der Waals surface area contributed by atoms with E-state index in [1.165, 1.54) is 5.56 Å². The van der Waals surface area contributed by atoms with Gasteiger partial charge in [0.15, 0.2) is 5.69 Å². The summed E-state index contributed by atoms with van der Waals surface area (Å²) in [6.45, 7) is 3.84. The fourth-order valence-corrected chi connectivity index (χ4v) is 1.67. The van der Waals surface area contributed by atoms with Crippen molar-refractivity contribution in [2.24, 2.45) is 0 Å². The van der Waals surface area contributed by atoms with E-state index in [-0.39, 0.29) is 11.6 Å². The molecule has 1 heterocycles. The van der Waals surface area contributed by atoms with Crippen molar-refractivity contribution in [2.45, 2.75) is 20.3 Å². The number of anilines is 2. The minimum absolute atomic E-state index is 0.231. The van der Waals surface area contributed by atoms with Crippen LogP contribution in [0.4, 0.5) is 11.4 Å². The lowest BCUT2D eigenvalue weighted by atomic mass is 10.1. The molecule has 2 aromatic rings. The molecule has 1 aromatic carbocycles. The van der Waals surface area contributed by atoms with Crippen molar-refractivity contribution in [1.29, 1.82) is 0 Å². The minimum atomic E-state index is -0.301. The predicted molar refractivity (Wildman–Crippen MR) is 71.5 cm³/mol. The van der Waals surface area contributed by atoms with Gasteiger partial charge in [-0.2, -0.15) is 5.10 Å². The van der Waals surface area contributed by atoms with Crippen molar-refractivity contribution < 1.29 is 4.79 Å². The second-order valence-electron chi connectivity index (χ2n) is 4.12. The van der Waals surface area contributed by atoms with Gasteiger partial charge in [0.05, 0.1) is 11.4 Å². The van der Waals surface area contributed by atoms with Crippen LogP contribution in [0.15, 0.2) is 24.3 Å². The molecule has 2 rings (SSSR count). The molecule has 0 fully saturated rings. The molecule has 0 aliphatic heterocycles. The molecule has 1 amide bonds. The molecular weight excluding hydrogens is 228 g/mol. The number of aromatic nitrogens is 2. The van der Waals surface area contributed by atoms with Crippen LogP contribution in [0.5, 0.6) is 0 Å². The van der Waals surface area contributed by atoms with E-state index in [4.69, 9.17) is 5.73 Å². The van der Waals surface area contributed by atoms with E-state index < -0.39 is 0 Å². The molecule has 5 heteroatoms. The van der Waals surface area contributed by atoms with Crippen LogP contribution in [0.3, 0.4) is 0 Å². The van der Waals surface area contributed by atoms with Crippen molar-refractivity contribution in [1.82, 2.24) is 10.2 Å². The number of H-pyrrole nitrogens is 1. The van der Waals surface area contributed by atoms with Crippen molar-refractivity contribution in [2.75, 3.05) is 11.1 Å². The lowest BCUT2D eigenvalue weighted by Gasteiger charge is -2.05. The van der Waals surface area contributed by atoms with E-state index in [1.807, 2.05) is 24.3 Å². The first kappa shape index (κ1) is 12.2. The average Bonchev–Trinajstić information content (AvgIpc) is 2.70. The van der Waals surface area contributed by atoms with Gasteiger partial charge in [-0.15, -0.1) is 0 Å². The molecule has 0 atom stereocenters. The van der Waals surface area contributed by atoms with E-state index in [0.29, 0.717) is 11.4 Å². The van der Waals surface area contributed by atoms with Gasteiger partial charge in [-0.05, 0) is 31.0 Å². The molecule has 1 aromatic heterocycles. The van der Waals surface area contributed by atoms with Crippen molar-refractivity contribution in [3.8, 4) is 0 Å². The minimum Gasteiger partial charge on any atom is -0.395 e. The summed E-state index contributed by atoms with van der Waals surface area (Å²) in [4.78, 5) is 12.0. The molecule has 0 unspecified atom stereocenters. The summed E-state index contributed by atoms with van der Waals surface area (Å²) >= 11 is 0. The first-order valence-corrected chi connectivity index (χ1v) is 5.82. The summed E-state index contributed by atoms with van der Waals surface area (Å²) in [5.41, 5.74) is 8.99. The predicted octanol–water partition coefficient (Wildman–Crippen LogP) is 2.12. The smallest absolute Gasteiger partial charge is 0.278 e. The van der Waals surface area contributed by atoms with Crippen LogP contribution >= 0.6 is 0 Å². The second-order valence-corrected chi connectivity index (χ2v) is 4.12.